The zero-order chi connectivity index (χ0) is 13.1. The van der Waals surface area contributed by atoms with E-state index in [0.717, 1.165) is 0 Å². The van der Waals surface area contributed by atoms with Gasteiger partial charge >= 0.3 is 0 Å². The molecule has 0 aromatic carbocycles. The Kier molecular flexibility index (Phi) is 3.71. The molecule has 94 valence electrons. The van der Waals surface area contributed by atoms with Gasteiger partial charge in [0.1, 0.15) is 10.3 Å². The molecule has 2 rings (SSSR count). The van der Waals surface area contributed by atoms with Crippen LogP contribution in [0.5, 0.6) is 0 Å². The molecule has 6 nitrogen and oxygen atoms in total. The molecule has 0 atom stereocenters. The minimum absolute atomic E-state index is 0.123. The van der Waals surface area contributed by atoms with Gasteiger partial charge < -0.3 is 5.32 Å². The molecule has 2 heterocycles. The first-order valence-electron chi connectivity index (χ1n) is 5.32. The van der Waals surface area contributed by atoms with Crippen LogP contribution in [0.15, 0.2) is 28.0 Å². The minimum Gasteiger partial charge on any atom is -0.372 e. The standard InChI is InChI=1S/C11H12BrN5O/c1-7-10(12)11(18)17(6-16-7)5-8-3-15-9(13-2)4-14-8/h3-4,6H,5H2,1-2H3,(H,13,15). The molecule has 0 aliphatic heterocycles. The maximum Gasteiger partial charge on any atom is 0.268 e. The van der Waals surface area contributed by atoms with Crippen molar-refractivity contribution in [2.75, 3.05) is 12.4 Å². The quantitative estimate of drug-likeness (QED) is 0.922. The number of hydrogen-bond donors (Lipinski definition) is 1. The van der Waals surface area contributed by atoms with Gasteiger partial charge in [-0.2, -0.15) is 0 Å². The number of nitrogens with one attached hydrogen (secondary N) is 1. The van der Waals surface area contributed by atoms with Gasteiger partial charge in [0.2, 0.25) is 0 Å². The van der Waals surface area contributed by atoms with Crippen molar-refractivity contribution in [3.05, 3.63) is 44.9 Å². The second-order valence-corrected chi connectivity index (χ2v) is 4.51. The van der Waals surface area contributed by atoms with E-state index in [-0.39, 0.29) is 5.56 Å². The highest BCUT2D eigenvalue weighted by Crippen LogP contribution is 2.07. The van der Waals surface area contributed by atoms with Crippen molar-refractivity contribution < 1.29 is 0 Å². The normalized spacial score (nSPS) is 10.4. The summed E-state index contributed by atoms with van der Waals surface area (Å²) in [5.41, 5.74) is 1.25. The average Bonchev–Trinajstić information content (AvgIpc) is 2.40. The van der Waals surface area contributed by atoms with Crippen LogP contribution in [0.1, 0.15) is 11.4 Å². The van der Waals surface area contributed by atoms with Crippen molar-refractivity contribution in [1.82, 2.24) is 19.5 Å². The van der Waals surface area contributed by atoms with E-state index in [1.807, 2.05) is 0 Å². The highest BCUT2D eigenvalue weighted by Gasteiger charge is 2.06. The fourth-order valence-electron chi connectivity index (χ4n) is 1.40. The fraction of sp³-hybridized carbons (Fsp3) is 0.273. The second-order valence-electron chi connectivity index (χ2n) is 3.72. The van der Waals surface area contributed by atoms with Crippen LogP contribution < -0.4 is 10.9 Å². The third kappa shape index (κ3) is 2.56. The SMILES string of the molecule is CNc1cnc(Cn2cnc(C)c(Br)c2=O)cn1. The maximum absolute atomic E-state index is 11.9. The van der Waals surface area contributed by atoms with Crippen LogP contribution in [0, 0.1) is 6.92 Å². The summed E-state index contributed by atoms with van der Waals surface area (Å²) in [5, 5.41) is 2.88. The molecule has 0 amide bonds. The van der Waals surface area contributed by atoms with E-state index in [0.29, 0.717) is 28.2 Å². The number of halogens is 1. The van der Waals surface area contributed by atoms with E-state index >= 15 is 0 Å². The van der Waals surface area contributed by atoms with Gasteiger partial charge in [-0.1, -0.05) is 0 Å². The first-order chi connectivity index (χ1) is 8.61. The average molecular weight is 310 g/mol. The Hall–Kier alpha value is -1.76. The van der Waals surface area contributed by atoms with E-state index in [1.165, 1.54) is 10.9 Å². The van der Waals surface area contributed by atoms with Gasteiger partial charge in [0.05, 0.1) is 36.7 Å². The summed E-state index contributed by atoms with van der Waals surface area (Å²) in [6, 6.07) is 0. The van der Waals surface area contributed by atoms with Crippen LogP contribution in [0.3, 0.4) is 0 Å². The Labute approximate surface area is 112 Å². The van der Waals surface area contributed by atoms with Crippen LogP contribution in [0.25, 0.3) is 0 Å². The third-order valence-electron chi connectivity index (χ3n) is 2.45. The number of nitrogens with zero attached hydrogens (tertiary/aromatic N) is 4. The van der Waals surface area contributed by atoms with Gasteiger partial charge in [-0.05, 0) is 22.9 Å². The van der Waals surface area contributed by atoms with Crippen molar-refractivity contribution >= 4 is 21.7 Å². The molecule has 1 N–H and O–H groups in total. The lowest BCUT2D eigenvalue weighted by Gasteiger charge is -2.06. The molecule has 0 saturated carbocycles. The predicted octanol–water partition coefficient (Wildman–Crippen LogP) is 1.19. The summed E-state index contributed by atoms with van der Waals surface area (Å²) >= 11 is 3.22. The predicted molar refractivity (Wildman–Crippen MR) is 71.6 cm³/mol. The van der Waals surface area contributed by atoms with Crippen LogP contribution in [-0.4, -0.2) is 26.6 Å². The lowest BCUT2D eigenvalue weighted by atomic mass is 10.4. The Balaban J connectivity index is 2.28. The number of hydrogen-bond acceptors (Lipinski definition) is 5. The molecule has 0 aliphatic rings. The Morgan fingerprint density at radius 3 is 2.72 bits per heavy atom. The number of anilines is 1. The van der Waals surface area contributed by atoms with Crippen molar-refractivity contribution in [3.8, 4) is 0 Å². The van der Waals surface area contributed by atoms with Gasteiger partial charge in [0, 0.05) is 7.05 Å². The largest absolute Gasteiger partial charge is 0.372 e. The van der Waals surface area contributed by atoms with E-state index < -0.39 is 0 Å². The first-order valence-corrected chi connectivity index (χ1v) is 6.11. The summed E-state index contributed by atoms with van der Waals surface area (Å²) in [4.78, 5) is 24.4. The zero-order valence-electron chi connectivity index (χ0n) is 10.0. The summed E-state index contributed by atoms with van der Waals surface area (Å²) < 4.78 is 1.96. The smallest absolute Gasteiger partial charge is 0.268 e. The lowest BCUT2D eigenvalue weighted by Crippen LogP contribution is -2.23. The lowest BCUT2D eigenvalue weighted by molar-refractivity contribution is 0.705. The summed E-state index contributed by atoms with van der Waals surface area (Å²) in [6.07, 6.45) is 4.76. The molecule has 2 aromatic heterocycles. The van der Waals surface area contributed by atoms with E-state index in [4.69, 9.17) is 0 Å². The van der Waals surface area contributed by atoms with Gasteiger partial charge in [0.25, 0.3) is 5.56 Å². The Morgan fingerprint density at radius 1 is 1.33 bits per heavy atom. The Morgan fingerprint density at radius 2 is 2.11 bits per heavy atom. The molecule has 2 aromatic rings. The van der Waals surface area contributed by atoms with Crippen LogP contribution in [0.2, 0.25) is 0 Å². The van der Waals surface area contributed by atoms with Gasteiger partial charge in [-0.15, -0.1) is 0 Å². The molecule has 0 radical (unpaired) electrons. The first kappa shape index (κ1) is 12.7. The zero-order valence-corrected chi connectivity index (χ0v) is 11.6. The highest BCUT2D eigenvalue weighted by molar-refractivity contribution is 9.10. The molecule has 0 aliphatic carbocycles. The topological polar surface area (TPSA) is 72.7 Å². The van der Waals surface area contributed by atoms with E-state index in [2.05, 4.69) is 36.2 Å². The van der Waals surface area contributed by atoms with Crippen LogP contribution >= 0.6 is 15.9 Å². The van der Waals surface area contributed by atoms with E-state index in [1.54, 1.807) is 26.4 Å². The molecule has 0 spiro atoms. The minimum atomic E-state index is -0.123. The molecular formula is C11H12BrN5O. The van der Waals surface area contributed by atoms with E-state index in [9.17, 15) is 4.79 Å². The fourth-order valence-corrected chi connectivity index (χ4v) is 1.73. The summed E-state index contributed by atoms with van der Waals surface area (Å²) in [5.74, 6) is 0.689. The molecule has 0 bridgehead atoms. The number of rotatable bonds is 3. The summed E-state index contributed by atoms with van der Waals surface area (Å²) in [7, 11) is 1.77. The van der Waals surface area contributed by atoms with Gasteiger partial charge in [-0.25, -0.2) is 9.97 Å². The molecule has 18 heavy (non-hydrogen) atoms. The molecule has 0 saturated heterocycles. The maximum atomic E-state index is 11.9. The second kappa shape index (κ2) is 5.26. The molecule has 7 heteroatoms. The van der Waals surface area contributed by atoms with Crippen LogP contribution in [0.4, 0.5) is 5.82 Å². The monoisotopic (exact) mass is 309 g/mol. The highest BCUT2D eigenvalue weighted by atomic mass is 79.9. The molecule has 0 fully saturated rings. The number of aromatic nitrogens is 4. The summed E-state index contributed by atoms with van der Waals surface area (Å²) in [6.45, 7) is 2.12. The molecular weight excluding hydrogens is 298 g/mol. The van der Waals surface area contributed by atoms with Crippen molar-refractivity contribution in [2.24, 2.45) is 0 Å². The third-order valence-corrected chi connectivity index (χ3v) is 3.36. The number of aryl methyl sites for hydroxylation is 1. The molecule has 0 unspecified atom stereocenters. The van der Waals surface area contributed by atoms with Crippen molar-refractivity contribution in [1.29, 1.82) is 0 Å². The van der Waals surface area contributed by atoms with Crippen molar-refractivity contribution in [3.63, 3.8) is 0 Å². The van der Waals surface area contributed by atoms with Crippen molar-refractivity contribution in [2.45, 2.75) is 13.5 Å². The van der Waals surface area contributed by atoms with Gasteiger partial charge in [-0.3, -0.25) is 14.3 Å². The van der Waals surface area contributed by atoms with Crippen LogP contribution in [-0.2, 0) is 6.54 Å². The Bertz CT molecular complexity index is 608. The van der Waals surface area contributed by atoms with Gasteiger partial charge in [0.15, 0.2) is 0 Å².